The minimum Gasteiger partial charge on any atom is -0.354 e. The fourth-order valence-corrected chi connectivity index (χ4v) is 3.10. The maximum atomic E-state index is 11.3. The number of aromatic nitrogens is 1. The van der Waals surface area contributed by atoms with E-state index in [2.05, 4.69) is 20.6 Å². The van der Waals surface area contributed by atoms with Gasteiger partial charge in [0.05, 0.1) is 12.2 Å². The van der Waals surface area contributed by atoms with E-state index in [0.29, 0.717) is 13.1 Å². The highest BCUT2D eigenvalue weighted by molar-refractivity contribution is 7.13. The Kier molecular flexibility index (Phi) is 4.00. The van der Waals surface area contributed by atoms with Gasteiger partial charge in [0.2, 0.25) is 5.91 Å². The number of hydrogen-bond acceptors (Lipinski definition) is 4. The first-order valence-corrected chi connectivity index (χ1v) is 7.66. The van der Waals surface area contributed by atoms with E-state index >= 15 is 0 Å². The van der Waals surface area contributed by atoms with Crippen LogP contribution < -0.4 is 5.32 Å². The fourth-order valence-electron chi connectivity index (χ4n) is 2.16. The van der Waals surface area contributed by atoms with Crippen LogP contribution in [0.2, 0.25) is 5.02 Å². The lowest BCUT2D eigenvalue weighted by Crippen LogP contribution is -2.47. The second kappa shape index (κ2) is 5.91. The van der Waals surface area contributed by atoms with E-state index in [1.807, 2.05) is 24.3 Å². The SMILES string of the molecule is O=C1CN(Cc2csc(-c3ccc(Cl)cc3)n2)CCN1. The number of piperazine rings is 1. The molecule has 0 atom stereocenters. The number of benzene rings is 1. The molecule has 1 aliphatic rings. The van der Waals surface area contributed by atoms with E-state index in [9.17, 15) is 4.79 Å². The molecule has 1 aliphatic heterocycles. The highest BCUT2D eigenvalue weighted by Gasteiger charge is 2.17. The van der Waals surface area contributed by atoms with Crippen molar-refractivity contribution in [3.63, 3.8) is 0 Å². The van der Waals surface area contributed by atoms with Crippen molar-refractivity contribution < 1.29 is 4.79 Å². The van der Waals surface area contributed by atoms with Crippen LogP contribution in [0.1, 0.15) is 5.69 Å². The maximum absolute atomic E-state index is 11.3. The lowest BCUT2D eigenvalue weighted by molar-refractivity contribution is -0.124. The number of thiazole rings is 1. The molecule has 1 N–H and O–H groups in total. The first-order chi connectivity index (χ1) is 9.70. The molecule has 6 heteroatoms. The van der Waals surface area contributed by atoms with Crippen LogP contribution in [-0.4, -0.2) is 35.4 Å². The molecule has 1 aromatic carbocycles. The van der Waals surface area contributed by atoms with Crippen molar-refractivity contribution in [1.29, 1.82) is 0 Å². The first kappa shape index (κ1) is 13.5. The van der Waals surface area contributed by atoms with Crippen molar-refractivity contribution in [2.45, 2.75) is 6.54 Å². The molecule has 104 valence electrons. The average Bonchev–Trinajstić information content (AvgIpc) is 2.88. The molecule has 1 saturated heterocycles. The molecule has 0 unspecified atom stereocenters. The quantitative estimate of drug-likeness (QED) is 0.947. The third-order valence-corrected chi connectivity index (χ3v) is 4.34. The zero-order valence-corrected chi connectivity index (χ0v) is 12.4. The summed E-state index contributed by atoms with van der Waals surface area (Å²) in [7, 11) is 0. The van der Waals surface area contributed by atoms with Gasteiger partial charge in [-0.1, -0.05) is 23.7 Å². The predicted molar refractivity (Wildman–Crippen MR) is 80.8 cm³/mol. The van der Waals surface area contributed by atoms with Gasteiger partial charge in [0.1, 0.15) is 5.01 Å². The summed E-state index contributed by atoms with van der Waals surface area (Å²) in [5.41, 5.74) is 2.08. The minimum absolute atomic E-state index is 0.0874. The standard InChI is InChI=1S/C14H14ClN3OS/c15-11-3-1-10(2-4-11)14-17-12(9-20-14)7-18-6-5-16-13(19)8-18/h1-4,9H,5-8H2,(H,16,19). The zero-order chi connectivity index (χ0) is 13.9. The highest BCUT2D eigenvalue weighted by Crippen LogP contribution is 2.25. The summed E-state index contributed by atoms with van der Waals surface area (Å²) in [6, 6.07) is 7.68. The van der Waals surface area contributed by atoms with Crippen LogP contribution in [0, 0.1) is 0 Å². The van der Waals surface area contributed by atoms with Crippen LogP contribution in [0.4, 0.5) is 0 Å². The van der Waals surface area contributed by atoms with Gasteiger partial charge < -0.3 is 5.32 Å². The van der Waals surface area contributed by atoms with Crippen molar-refractivity contribution in [1.82, 2.24) is 15.2 Å². The number of halogens is 1. The molecule has 0 spiro atoms. The average molecular weight is 308 g/mol. The zero-order valence-electron chi connectivity index (χ0n) is 10.8. The van der Waals surface area contributed by atoms with Gasteiger partial charge in [0, 0.05) is 35.6 Å². The number of amides is 1. The number of nitrogens with one attached hydrogen (secondary N) is 1. The van der Waals surface area contributed by atoms with Gasteiger partial charge in [-0.05, 0) is 12.1 Å². The molecular formula is C14H14ClN3OS. The second-order valence-corrected chi connectivity index (χ2v) is 6.01. The minimum atomic E-state index is 0.0874. The van der Waals surface area contributed by atoms with E-state index in [4.69, 9.17) is 11.6 Å². The molecule has 3 rings (SSSR count). The largest absolute Gasteiger partial charge is 0.354 e. The fraction of sp³-hybridized carbons (Fsp3) is 0.286. The number of nitrogens with zero attached hydrogens (tertiary/aromatic N) is 2. The monoisotopic (exact) mass is 307 g/mol. The molecule has 2 heterocycles. The lowest BCUT2D eigenvalue weighted by Gasteiger charge is -2.25. The summed E-state index contributed by atoms with van der Waals surface area (Å²) in [6.45, 7) is 2.76. The van der Waals surface area contributed by atoms with Gasteiger partial charge in [0.25, 0.3) is 0 Å². The van der Waals surface area contributed by atoms with Crippen LogP contribution >= 0.6 is 22.9 Å². The summed E-state index contributed by atoms with van der Waals surface area (Å²) in [4.78, 5) is 18.1. The molecular weight excluding hydrogens is 294 g/mol. The van der Waals surface area contributed by atoms with Crippen molar-refractivity contribution in [2.75, 3.05) is 19.6 Å². The summed E-state index contributed by atoms with van der Waals surface area (Å²) >= 11 is 7.50. The Hall–Kier alpha value is -1.43. The lowest BCUT2D eigenvalue weighted by atomic mass is 10.2. The molecule has 4 nitrogen and oxygen atoms in total. The highest BCUT2D eigenvalue weighted by atomic mass is 35.5. The molecule has 1 amide bonds. The Balaban J connectivity index is 1.70. The third-order valence-electron chi connectivity index (χ3n) is 3.15. The van der Waals surface area contributed by atoms with E-state index in [0.717, 1.165) is 34.4 Å². The molecule has 0 radical (unpaired) electrons. The van der Waals surface area contributed by atoms with Gasteiger partial charge in [0.15, 0.2) is 0 Å². The summed E-state index contributed by atoms with van der Waals surface area (Å²) in [5.74, 6) is 0.0874. The molecule has 1 aromatic heterocycles. The molecule has 0 bridgehead atoms. The molecule has 1 fully saturated rings. The molecule has 20 heavy (non-hydrogen) atoms. The van der Waals surface area contributed by atoms with Gasteiger partial charge in [-0.3, -0.25) is 9.69 Å². The van der Waals surface area contributed by atoms with Gasteiger partial charge in [-0.2, -0.15) is 0 Å². The van der Waals surface area contributed by atoms with Crippen molar-refractivity contribution >= 4 is 28.8 Å². The van der Waals surface area contributed by atoms with E-state index < -0.39 is 0 Å². The second-order valence-electron chi connectivity index (χ2n) is 4.71. The molecule has 0 aliphatic carbocycles. The Bertz CT molecular complexity index is 611. The third kappa shape index (κ3) is 3.17. The Morgan fingerprint density at radius 3 is 2.90 bits per heavy atom. The Morgan fingerprint density at radius 2 is 2.15 bits per heavy atom. The number of hydrogen-bond donors (Lipinski definition) is 1. The normalized spacial score (nSPS) is 16.1. The molecule has 2 aromatic rings. The van der Waals surface area contributed by atoms with Crippen LogP contribution in [0.5, 0.6) is 0 Å². The van der Waals surface area contributed by atoms with Crippen LogP contribution in [0.15, 0.2) is 29.6 Å². The number of rotatable bonds is 3. The van der Waals surface area contributed by atoms with Crippen molar-refractivity contribution in [2.24, 2.45) is 0 Å². The summed E-state index contributed by atoms with van der Waals surface area (Å²) < 4.78 is 0. The Morgan fingerprint density at radius 1 is 1.35 bits per heavy atom. The van der Waals surface area contributed by atoms with Crippen LogP contribution in [0.25, 0.3) is 10.6 Å². The van der Waals surface area contributed by atoms with E-state index in [1.54, 1.807) is 11.3 Å². The van der Waals surface area contributed by atoms with E-state index in [1.165, 1.54) is 0 Å². The summed E-state index contributed by atoms with van der Waals surface area (Å²) in [5, 5.41) is 6.59. The number of carbonyl (C=O) groups is 1. The van der Waals surface area contributed by atoms with Crippen LogP contribution in [-0.2, 0) is 11.3 Å². The van der Waals surface area contributed by atoms with Crippen molar-refractivity contribution in [3.8, 4) is 10.6 Å². The molecule has 0 saturated carbocycles. The predicted octanol–water partition coefficient (Wildman–Crippen LogP) is 2.40. The topological polar surface area (TPSA) is 45.2 Å². The maximum Gasteiger partial charge on any atom is 0.234 e. The first-order valence-electron chi connectivity index (χ1n) is 6.40. The number of carbonyl (C=O) groups excluding carboxylic acids is 1. The van der Waals surface area contributed by atoms with Crippen LogP contribution in [0.3, 0.4) is 0 Å². The van der Waals surface area contributed by atoms with Crippen molar-refractivity contribution in [3.05, 3.63) is 40.4 Å². The van der Waals surface area contributed by atoms with Gasteiger partial charge in [-0.15, -0.1) is 11.3 Å². The van der Waals surface area contributed by atoms with Gasteiger partial charge >= 0.3 is 0 Å². The summed E-state index contributed by atoms with van der Waals surface area (Å²) in [6.07, 6.45) is 0. The Labute approximate surface area is 126 Å². The smallest absolute Gasteiger partial charge is 0.234 e. The van der Waals surface area contributed by atoms with Gasteiger partial charge in [-0.25, -0.2) is 4.98 Å². The van der Waals surface area contributed by atoms with E-state index in [-0.39, 0.29) is 5.91 Å².